The molecule has 0 saturated heterocycles. The number of hydrogen-bond acceptors (Lipinski definition) is 3. The molecule has 1 amide bonds. The van der Waals surface area contributed by atoms with Crippen molar-refractivity contribution < 1.29 is 4.79 Å². The smallest absolute Gasteiger partial charge is 0.251 e. The molecule has 0 radical (unpaired) electrons. The maximum absolute atomic E-state index is 12.5. The number of hydrogen-bond donors (Lipinski definition) is 1. The minimum absolute atomic E-state index is 0.0312. The van der Waals surface area contributed by atoms with Crippen LogP contribution in [0, 0.1) is 0 Å². The fraction of sp³-hybridized carbons (Fsp3) is 0.368. The van der Waals surface area contributed by atoms with Crippen molar-refractivity contribution in [2.24, 2.45) is 0 Å². The normalized spacial score (nSPS) is 11.8. The van der Waals surface area contributed by atoms with Crippen LogP contribution in [0.2, 0.25) is 5.15 Å². The first kappa shape index (κ1) is 18.3. The van der Waals surface area contributed by atoms with Gasteiger partial charge in [-0.25, -0.2) is 4.98 Å². The summed E-state index contributed by atoms with van der Waals surface area (Å²) in [5, 5.41) is 3.36. The number of nitrogens with one attached hydrogen (secondary N) is 1. The van der Waals surface area contributed by atoms with Gasteiger partial charge in [0.05, 0.1) is 0 Å². The minimum atomic E-state index is -0.129. The van der Waals surface area contributed by atoms with Crippen molar-refractivity contribution in [3.63, 3.8) is 0 Å². The topological polar surface area (TPSA) is 45.2 Å². The van der Waals surface area contributed by atoms with Crippen molar-refractivity contribution in [1.29, 1.82) is 0 Å². The largest absolute Gasteiger partial charge is 0.357 e. The second kappa shape index (κ2) is 8.69. The molecule has 0 bridgehead atoms. The lowest BCUT2D eigenvalue weighted by Crippen LogP contribution is -2.34. The molecule has 128 valence electrons. The van der Waals surface area contributed by atoms with Crippen molar-refractivity contribution in [2.45, 2.75) is 33.2 Å². The molecule has 4 nitrogen and oxygen atoms in total. The molecule has 0 unspecified atom stereocenters. The second-order valence-corrected chi connectivity index (χ2v) is 6.16. The highest BCUT2D eigenvalue weighted by Gasteiger charge is 2.14. The third-order valence-corrected chi connectivity index (χ3v) is 4.09. The Labute approximate surface area is 148 Å². The van der Waals surface area contributed by atoms with Crippen LogP contribution in [0.25, 0.3) is 0 Å². The summed E-state index contributed by atoms with van der Waals surface area (Å²) in [6.07, 6.45) is 0.786. The van der Waals surface area contributed by atoms with E-state index in [2.05, 4.69) is 27.3 Å². The number of benzene rings is 1. The van der Waals surface area contributed by atoms with Gasteiger partial charge in [0.25, 0.3) is 5.91 Å². The first-order valence-electron chi connectivity index (χ1n) is 8.30. The monoisotopic (exact) mass is 345 g/mol. The quantitative estimate of drug-likeness (QED) is 0.773. The Morgan fingerprint density at radius 3 is 2.50 bits per heavy atom. The number of rotatable bonds is 7. The van der Waals surface area contributed by atoms with E-state index in [1.807, 2.05) is 39.0 Å². The summed E-state index contributed by atoms with van der Waals surface area (Å²) in [4.78, 5) is 18.9. The van der Waals surface area contributed by atoms with Crippen molar-refractivity contribution in [3.05, 3.63) is 58.7 Å². The van der Waals surface area contributed by atoms with Gasteiger partial charge in [-0.1, -0.05) is 41.9 Å². The van der Waals surface area contributed by atoms with Gasteiger partial charge in [0, 0.05) is 24.7 Å². The zero-order chi connectivity index (χ0) is 17.5. The van der Waals surface area contributed by atoms with Crippen molar-refractivity contribution in [3.8, 4) is 0 Å². The van der Waals surface area contributed by atoms with Crippen LogP contribution in [0.5, 0.6) is 0 Å². The number of pyridine rings is 1. The number of halogens is 1. The number of carbonyl (C=O) groups excluding carboxylic acids is 1. The molecule has 1 aromatic heterocycles. The lowest BCUT2D eigenvalue weighted by atomic mass is 10.1. The Morgan fingerprint density at radius 2 is 1.88 bits per heavy atom. The average Bonchev–Trinajstić information content (AvgIpc) is 2.56. The molecular weight excluding hydrogens is 322 g/mol. The Balaban J connectivity index is 2.08. The number of anilines is 1. The third-order valence-electron chi connectivity index (χ3n) is 3.89. The van der Waals surface area contributed by atoms with Gasteiger partial charge in [-0.05, 0) is 44.9 Å². The summed E-state index contributed by atoms with van der Waals surface area (Å²) < 4.78 is 0. The minimum Gasteiger partial charge on any atom is -0.357 e. The van der Waals surface area contributed by atoms with Crippen LogP contribution in [-0.4, -0.2) is 30.0 Å². The number of carbonyl (C=O) groups is 1. The molecule has 0 saturated carbocycles. The molecule has 1 heterocycles. The first-order valence-corrected chi connectivity index (χ1v) is 8.68. The van der Waals surface area contributed by atoms with Gasteiger partial charge in [-0.3, -0.25) is 4.79 Å². The molecule has 1 aromatic carbocycles. The molecule has 0 aliphatic carbocycles. The molecule has 24 heavy (non-hydrogen) atoms. The Bertz CT molecular complexity index is 672. The highest BCUT2D eigenvalue weighted by molar-refractivity contribution is 6.29. The summed E-state index contributed by atoms with van der Waals surface area (Å²) in [6, 6.07) is 13.5. The summed E-state index contributed by atoms with van der Waals surface area (Å²) in [6.45, 7) is 7.73. The SMILES string of the molecule is CCN(CC)c1cc(C(=O)N[C@H](C)Cc2ccccc2)cc(Cl)n1. The number of aromatic nitrogens is 1. The van der Waals surface area contributed by atoms with Gasteiger partial charge in [0.2, 0.25) is 0 Å². The van der Waals surface area contributed by atoms with E-state index in [4.69, 9.17) is 11.6 Å². The predicted molar refractivity (Wildman–Crippen MR) is 99.9 cm³/mol. The summed E-state index contributed by atoms with van der Waals surface area (Å²) in [5.74, 6) is 0.601. The zero-order valence-electron chi connectivity index (χ0n) is 14.4. The molecular formula is C19H24ClN3O. The van der Waals surface area contributed by atoms with E-state index >= 15 is 0 Å². The Kier molecular flexibility index (Phi) is 6.62. The average molecular weight is 346 g/mol. The molecule has 0 fully saturated rings. The van der Waals surface area contributed by atoms with E-state index in [1.165, 1.54) is 5.56 Å². The zero-order valence-corrected chi connectivity index (χ0v) is 15.2. The van der Waals surface area contributed by atoms with Crippen molar-refractivity contribution in [1.82, 2.24) is 10.3 Å². The van der Waals surface area contributed by atoms with Crippen LogP contribution >= 0.6 is 11.6 Å². The number of amides is 1. The first-order chi connectivity index (χ1) is 11.5. The van der Waals surface area contributed by atoms with Gasteiger partial charge in [-0.2, -0.15) is 0 Å². The highest BCUT2D eigenvalue weighted by atomic mass is 35.5. The molecule has 0 aliphatic rings. The van der Waals surface area contributed by atoms with E-state index in [9.17, 15) is 4.79 Å². The van der Waals surface area contributed by atoms with Gasteiger partial charge in [0.15, 0.2) is 0 Å². The summed E-state index contributed by atoms with van der Waals surface area (Å²) >= 11 is 6.10. The van der Waals surface area contributed by atoms with Crippen LogP contribution in [0.3, 0.4) is 0 Å². The van der Waals surface area contributed by atoms with Crippen molar-refractivity contribution in [2.75, 3.05) is 18.0 Å². The van der Waals surface area contributed by atoms with Crippen molar-refractivity contribution >= 4 is 23.3 Å². The van der Waals surface area contributed by atoms with Crippen LogP contribution in [-0.2, 0) is 6.42 Å². The molecule has 1 atom stereocenters. The maximum Gasteiger partial charge on any atom is 0.251 e. The maximum atomic E-state index is 12.5. The Hall–Kier alpha value is -2.07. The fourth-order valence-electron chi connectivity index (χ4n) is 2.65. The van der Waals surface area contributed by atoms with E-state index in [1.54, 1.807) is 12.1 Å². The lowest BCUT2D eigenvalue weighted by molar-refractivity contribution is 0.0940. The Morgan fingerprint density at radius 1 is 1.21 bits per heavy atom. The molecule has 5 heteroatoms. The predicted octanol–water partition coefficient (Wildman–Crippen LogP) is 3.94. The molecule has 2 aromatic rings. The van der Waals surface area contributed by atoms with Crippen LogP contribution < -0.4 is 10.2 Å². The molecule has 2 rings (SSSR count). The van der Waals surface area contributed by atoms with Gasteiger partial charge in [-0.15, -0.1) is 0 Å². The fourth-order valence-corrected chi connectivity index (χ4v) is 2.85. The standard InChI is InChI=1S/C19H24ClN3O/c1-4-23(5-2)18-13-16(12-17(20)22-18)19(24)21-14(3)11-15-9-7-6-8-10-15/h6-10,12-14H,4-5,11H2,1-3H3,(H,21,24)/t14-/m1/s1. The van der Waals surface area contributed by atoms with Crippen LogP contribution in [0.15, 0.2) is 42.5 Å². The number of nitrogens with zero attached hydrogens (tertiary/aromatic N) is 2. The third kappa shape index (κ3) is 4.96. The molecule has 1 N–H and O–H groups in total. The van der Waals surface area contributed by atoms with E-state index in [0.29, 0.717) is 10.7 Å². The van der Waals surface area contributed by atoms with Crippen LogP contribution in [0.4, 0.5) is 5.82 Å². The van der Waals surface area contributed by atoms with E-state index in [0.717, 1.165) is 25.3 Å². The van der Waals surface area contributed by atoms with Gasteiger partial charge in [0.1, 0.15) is 11.0 Å². The second-order valence-electron chi connectivity index (χ2n) is 5.77. The highest BCUT2D eigenvalue weighted by Crippen LogP contribution is 2.18. The van der Waals surface area contributed by atoms with Gasteiger partial charge < -0.3 is 10.2 Å². The summed E-state index contributed by atoms with van der Waals surface area (Å²) in [5.41, 5.74) is 1.73. The van der Waals surface area contributed by atoms with E-state index in [-0.39, 0.29) is 11.9 Å². The summed E-state index contributed by atoms with van der Waals surface area (Å²) in [7, 11) is 0. The lowest BCUT2D eigenvalue weighted by Gasteiger charge is -2.21. The van der Waals surface area contributed by atoms with Gasteiger partial charge >= 0.3 is 0 Å². The van der Waals surface area contributed by atoms with Crippen LogP contribution in [0.1, 0.15) is 36.7 Å². The van der Waals surface area contributed by atoms with E-state index < -0.39 is 0 Å². The molecule has 0 aliphatic heterocycles. The molecule has 0 spiro atoms.